The number of hydrogen-bond donors (Lipinski definition) is 1. The SMILES string of the molecule is CCC(C)N(CCC(=O)O)C(=O)COC. The molecule has 0 saturated carbocycles. The Morgan fingerprint density at radius 3 is 2.47 bits per heavy atom. The highest BCUT2D eigenvalue weighted by Gasteiger charge is 2.19. The molecular formula is C10H19NO4. The first-order valence-corrected chi connectivity index (χ1v) is 5.03. The first kappa shape index (κ1) is 13.9. The van der Waals surface area contributed by atoms with E-state index in [1.807, 2.05) is 13.8 Å². The fourth-order valence-electron chi connectivity index (χ4n) is 1.23. The number of aliphatic carboxylic acids is 1. The van der Waals surface area contributed by atoms with Gasteiger partial charge in [0, 0.05) is 19.7 Å². The molecule has 0 rings (SSSR count). The minimum Gasteiger partial charge on any atom is -0.481 e. The van der Waals surface area contributed by atoms with Crippen LogP contribution in [0, 0.1) is 0 Å². The average Bonchev–Trinajstić information content (AvgIpc) is 2.17. The smallest absolute Gasteiger partial charge is 0.305 e. The second kappa shape index (κ2) is 7.23. The Balaban J connectivity index is 4.29. The van der Waals surface area contributed by atoms with Crippen molar-refractivity contribution in [2.24, 2.45) is 0 Å². The van der Waals surface area contributed by atoms with Gasteiger partial charge in [0.1, 0.15) is 6.61 Å². The number of methoxy groups -OCH3 is 1. The molecule has 0 fully saturated rings. The Morgan fingerprint density at radius 2 is 2.07 bits per heavy atom. The van der Waals surface area contributed by atoms with E-state index < -0.39 is 5.97 Å². The number of carboxylic acids is 1. The third-order valence-electron chi connectivity index (χ3n) is 2.28. The van der Waals surface area contributed by atoms with Gasteiger partial charge in [-0.15, -0.1) is 0 Å². The Labute approximate surface area is 90.0 Å². The summed E-state index contributed by atoms with van der Waals surface area (Å²) in [6.07, 6.45) is 0.773. The molecule has 0 aromatic rings. The Morgan fingerprint density at radius 1 is 1.47 bits per heavy atom. The Hall–Kier alpha value is -1.10. The molecule has 0 heterocycles. The van der Waals surface area contributed by atoms with E-state index in [-0.39, 0.29) is 31.5 Å². The largest absolute Gasteiger partial charge is 0.481 e. The zero-order valence-corrected chi connectivity index (χ0v) is 9.52. The zero-order chi connectivity index (χ0) is 11.8. The van der Waals surface area contributed by atoms with Gasteiger partial charge in [0.25, 0.3) is 0 Å². The van der Waals surface area contributed by atoms with Crippen molar-refractivity contribution in [1.82, 2.24) is 4.90 Å². The van der Waals surface area contributed by atoms with Gasteiger partial charge in [-0.05, 0) is 13.3 Å². The van der Waals surface area contributed by atoms with Crippen LogP contribution in [0.5, 0.6) is 0 Å². The highest BCUT2D eigenvalue weighted by Crippen LogP contribution is 2.05. The Bertz CT molecular complexity index is 217. The van der Waals surface area contributed by atoms with Crippen LogP contribution in [0.25, 0.3) is 0 Å². The molecule has 0 bridgehead atoms. The number of ether oxygens (including phenoxy) is 1. The van der Waals surface area contributed by atoms with Gasteiger partial charge in [-0.3, -0.25) is 9.59 Å². The van der Waals surface area contributed by atoms with E-state index in [0.717, 1.165) is 6.42 Å². The summed E-state index contributed by atoms with van der Waals surface area (Å²) >= 11 is 0. The number of hydrogen-bond acceptors (Lipinski definition) is 3. The molecule has 15 heavy (non-hydrogen) atoms. The van der Waals surface area contributed by atoms with Crippen LogP contribution in [0.2, 0.25) is 0 Å². The van der Waals surface area contributed by atoms with E-state index in [9.17, 15) is 9.59 Å². The third-order valence-corrected chi connectivity index (χ3v) is 2.28. The van der Waals surface area contributed by atoms with Gasteiger partial charge in [0.15, 0.2) is 0 Å². The number of nitrogens with zero attached hydrogens (tertiary/aromatic N) is 1. The monoisotopic (exact) mass is 217 g/mol. The molecule has 0 aromatic heterocycles. The molecule has 0 saturated heterocycles. The zero-order valence-electron chi connectivity index (χ0n) is 9.52. The maximum Gasteiger partial charge on any atom is 0.305 e. The summed E-state index contributed by atoms with van der Waals surface area (Å²) in [6, 6.07) is 0.0481. The van der Waals surface area contributed by atoms with Crippen molar-refractivity contribution >= 4 is 11.9 Å². The van der Waals surface area contributed by atoms with E-state index in [0.29, 0.717) is 0 Å². The van der Waals surface area contributed by atoms with Crippen molar-refractivity contribution in [2.75, 3.05) is 20.3 Å². The highest BCUT2D eigenvalue weighted by atomic mass is 16.5. The summed E-state index contributed by atoms with van der Waals surface area (Å²) in [4.78, 5) is 23.5. The maximum absolute atomic E-state index is 11.6. The first-order valence-electron chi connectivity index (χ1n) is 5.03. The summed E-state index contributed by atoms with van der Waals surface area (Å²) in [5.74, 6) is -1.05. The summed E-state index contributed by atoms with van der Waals surface area (Å²) in [5, 5.41) is 8.56. The predicted molar refractivity (Wildman–Crippen MR) is 55.6 cm³/mol. The minimum absolute atomic E-state index is 0.00393. The van der Waals surface area contributed by atoms with Crippen molar-refractivity contribution < 1.29 is 19.4 Å². The van der Waals surface area contributed by atoms with E-state index in [4.69, 9.17) is 9.84 Å². The van der Waals surface area contributed by atoms with Gasteiger partial charge in [-0.2, -0.15) is 0 Å². The second-order valence-corrected chi connectivity index (χ2v) is 3.42. The first-order chi connectivity index (χ1) is 7.02. The molecule has 88 valence electrons. The number of carbonyl (C=O) groups excluding carboxylic acids is 1. The molecule has 0 radical (unpaired) electrons. The molecule has 0 aliphatic carbocycles. The fraction of sp³-hybridized carbons (Fsp3) is 0.800. The molecule has 1 N–H and O–H groups in total. The van der Waals surface area contributed by atoms with Crippen LogP contribution in [0.3, 0.4) is 0 Å². The lowest BCUT2D eigenvalue weighted by Crippen LogP contribution is -2.41. The second-order valence-electron chi connectivity index (χ2n) is 3.42. The molecule has 0 aliphatic rings. The quantitative estimate of drug-likeness (QED) is 0.682. The van der Waals surface area contributed by atoms with Gasteiger partial charge in [-0.1, -0.05) is 6.92 Å². The lowest BCUT2D eigenvalue weighted by Gasteiger charge is -2.27. The molecule has 5 heteroatoms. The van der Waals surface area contributed by atoms with E-state index >= 15 is 0 Å². The number of amides is 1. The standard InChI is InChI=1S/C10H19NO4/c1-4-8(2)11(6-5-10(13)14)9(12)7-15-3/h8H,4-7H2,1-3H3,(H,13,14). The topological polar surface area (TPSA) is 66.8 Å². The summed E-state index contributed by atoms with van der Waals surface area (Å²) in [7, 11) is 1.45. The van der Waals surface area contributed by atoms with Gasteiger partial charge in [-0.25, -0.2) is 0 Å². The van der Waals surface area contributed by atoms with Crippen LogP contribution in [0.1, 0.15) is 26.7 Å². The number of carboxylic acid groups (broad SMARTS) is 1. The van der Waals surface area contributed by atoms with Crippen LogP contribution < -0.4 is 0 Å². The maximum atomic E-state index is 11.6. The van der Waals surface area contributed by atoms with Crippen molar-refractivity contribution in [2.45, 2.75) is 32.7 Å². The molecule has 1 unspecified atom stereocenters. The van der Waals surface area contributed by atoms with E-state index in [1.165, 1.54) is 7.11 Å². The predicted octanol–water partition coefficient (Wildman–Crippen LogP) is 0.735. The van der Waals surface area contributed by atoms with Gasteiger partial charge in [0.2, 0.25) is 5.91 Å². The lowest BCUT2D eigenvalue weighted by molar-refractivity contribution is -0.140. The van der Waals surface area contributed by atoms with Crippen LogP contribution >= 0.6 is 0 Å². The molecule has 0 spiro atoms. The molecule has 0 aromatic carbocycles. The van der Waals surface area contributed by atoms with Crippen LogP contribution in [-0.2, 0) is 14.3 Å². The highest BCUT2D eigenvalue weighted by molar-refractivity contribution is 5.78. The molecular weight excluding hydrogens is 198 g/mol. The Kier molecular flexibility index (Phi) is 6.70. The third kappa shape index (κ3) is 5.37. The number of carbonyl (C=O) groups is 2. The molecule has 5 nitrogen and oxygen atoms in total. The van der Waals surface area contributed by atoms with Gasteiger partial charge >= 0.3 is 5.97 Å². The summed E-state index contributed by atoms with van der Waals surface area (Å²) in [6.45, 7) is 4.10. The van der Waals surface area contributed by atoms with E-state index in [2.05, 4.69) is 0 Å². The van der Waals surface area contributed by atoms with Crippen LogP contribution in [0.15, 0.2) is 0 Å². The van der Waals surface area contributed by atoms with Crippen LogP contribution in [0.4, 0.5) is 0 Å². The van der Waals surface area contributed by atoms with Crippen LogP contribution in [-0.4, -0.2) is 48.2 Å². The molecule has 1 amide bonds. The lowest BCUT2D eigenvalue weighted by atomic mass is 10.2. The van der Waals surface area contributed by atoms with Crippen molar-refractivity contribution in [3.63, 3.8) is 0 Å². The van der Waals surface area contributed by atoms with E-state index in [1.54, 1.807) is 4.90 Å². The van der Waals surface area contributed by atoms with Crippen molar-refractivity contribution in [3.8, 4) is 0 Å². The van der Waals surface area contributed by atoms with Gasteiger partial charge < -0.3 is 14.7 Å². The molecule has 0 aliphatic heterocycles. The number of rotatable bonds is 7. The van der Waals surface area contributed by atoms with Gasteiger partial charge in [0.05, 0.1) is 6.42 Å². The van der Waals surface area contributed by atoms with Crippen molar-refractivity contribution in [3.05, 3.63) is 0 Å². The summed E-state index contributed by atoms with van der Waals surface area (Å²) in [5.41, 5.74) is 0. The fourth-order valence-corrected chi connectivity index (χ4v) is 1.23. The average molecular weight is 217 g/mol. The van der Waals surface area contributed by atoms with Crippen molar-refractivity contribution in [1.29, 1.82) is 0 Å². The molecule has 1 atom stereocenters. The normalized spacial score (nSPS) is 12.2. The minimum atomic E-state index is -0.895. The summed E-state index contributed by atoms with van der Waals surface area (Å²) < 4.78 is 4.75.